The zero-order valence-electron chi connectivity index (χ0n) is 13.2. The number of aromatic nitrogens is 2. The highest BCUT2D eigenvalue weighted by molar-refractivity contribution is 7.90. The van der Waals surface area contributed by atoms with E-state index in [2.05, 4.69) is 5.10 Å². The Bertz CT molecular complexity index is 1060. The van der Waals surface area contributed by atoms with Crippen LogP contribution in [0.5, 0.6) is 5.88 Å². The second-order valence-corrected chi connectivity index (χ2v) is 6.99. The maximum Gasteiger partial charge on any atom is 0.344 e. The van der Waals surface area contributed by atoms with E-state index in [1.165, 1.54) is 24.3 Å². The number of carbonyl (C=O) groups excluding carboxylic acids is 1. The summed E-state index contributed by atoms with van der Waals surface area (Å²) in [5.74, 6) is -1.91. The number of ether oxygens (including phenoxy) is 1. The van der Waals surface area contributed by atoms with Crippen molar-refractivity contribution in [2.24, 2.45) is 0 Å². The van der Waals surface area contributed by atoms with Crippen molar-refractivity contribution >= 4 is 27.5 Å². The van der Waals surface area contributed by atoms with Crippen LogP contribution in [-0.2, 0) is 10.0 Å². The molecule has 0 amide bonds. The Labute approximate surface area is 147 Å². The van der Waals surface area contributed by atoms with Gasteiger partial charge in [0.2, 0.25) is 5.88 Å². The first-order chi connectivity index (χ1) is 12.3. The molecule has 10 heteroatoms. The molecule has 0 saturated heterocycles. The molecule has 2 aromatic carbocycles. The molecule has 1 aromatic heterocycles. The van der Waals surface area contributed by atoms with Gasteiger partial charge in [0.15, 0.2) is 0 Å². The van der Waals surface area contributed by atoms with Gasteiger partial charge in [0.05, 0.1) is 10.5 Å². The van der Waals surface area contributed by atoms with Crippen LogP contribution in [0, 0.1) is 5.82 Å². The molecule has 8 nitrogen and oxygen atoms in total. The summed E-state index contributed by atoms with van der Waals surface area (Å²) >= 11 is 0. The van der Waals surface area contributed by atoms with Gasteiger partial charge in [-0.15, -0.1) is 9.19 Å². The molecule has 0 unspecified atom stereocenters. The number of nitrogen functional groups attached to an aromatic ring is 2. The number of rotatable bonds is 4. The van der Waals surface area contributed by atoms with Crippen LogP contribution in [-0.4, -0.2) is 23.6 Å². The van der Waals surface area contributed by atoms with Crippen molar-refractivity contribution in [3.8, 4) is 5.88 Å². The highest BCUT2D eigenvalue weighted by Crippen LogP contribution is 2.22. The van der Waals surface area contributed by atoms with Gasteiger partial charge in [-0.25, -0.2) is 9.18 Å². The normalized spacial score (nSPS) is 11.3. The number of hydrogen-bond donors (Lipinski definition) is 2. The first-order valence-electron chi connectivity index (χ1n) is 7.22. The molecule has 26 heavy (non-hydrogen) atoms. The van der Waals surface area contributed by atoms with Crippen LogP contribution in [0.25, 0.3) is 0 Å². The molecule has 0 radical (unpaired) electrons. The summed E-state index contributed by atoms with van der Waals surface area (Å²) in [7, 11) is -4.17. The van der Waals surface area contributed by atoms with E-state index in [9.17, 15) is 17.6 Å². The van der Waals surface area contributed by atoms with Crippen LogP contribution in [0.2, 0.25) is 0 Å². The fourth-order valence-electron chi connectivity index (χ4n) is 2.08. The minimum absolute atomic E-state index is 0.203. The van der Waals surface area contributed by atoms with Gasteiger partial charge in [0, 0.05) is 11.8 Å². The highest BCUT2D eigenvalue weighted by atomic mass is 32.2. The van der Waals surface area contributed by atoms with Crippen molar-refractivity contribution in [3.63, 3.8) is 0 Å². The van der Waals surface area contributed by atoms with Crippen molar-refractivity contribution in [2.45, 2.75) is 4.90 Å². The highest BCUT2D eigenvalue weighted by Gasteiger charge is 2.23. The Morgan fingerprint density at radius 2 is 1.65 bits per heavy atom. The maximum absolute atomic E-state index is 13.0. The minimum atomic E-state index is -4.17. The van der Waals surface area contributed by atoms with Crippen molar-refractivity contribution in [2.75, 3.05) is 11.5 Å². The molecule has 3 aromatic rings. The minimum Gasteiger partial charge on any atom is -0.402 e. The molecule has 4 N–H and O–H groups in total. The number of nitrogens with two attached hydrogens (primary N) is 2. The first-order valence-corrected chi connectivity index (χ1v) is 8.66. The van der Waals surface area contributed by atoms with Crippen molar-refractivity contribution in [3.05, 3.63) is 66.0 Å². The summed E-state index contributed by atoms with van der Waals surface area (Å²) < 4.78 is 43.6. The lowest BCUT2D eigenvalue weighted by Crippen LogP contribution is -2.17. The van der Waals surface area contributed by atoms with Crippen LogP contribution in [0.1, 0.15) is 10.4 Å². The molecule has 0 spiro atoms. The van der Waals surface area contributed by atoms with Gasteiger partial charge in [0.1, 0.15) is 11.6 Å². The van der Waals surface area contributed by atoms with Crippen LogP contribution < -0.4 is 16.2 Å². The van der Waals surface area contributed by atoms with Crippen LogP contribution in [0.4, 0.5) is 15.9 Å². The lowest BCUT2D eigenvalue weighted by Gasteiger charge is -2.05. The molecule has 0 aliphatic rings. The second kappa shape index (κ2) is 6.48. The third kappa shape index (κ3) is 3.35. The first kappa shape index (κ1) is 17.4. The number of halogens is 1. The fraction of sp³-hybridized carbons (Fsp3) is 0. The fourth-order valence-corrected chi connectivity index (χ4v) is 3.28. The molecule has 0 saturated carbocycles. The molecular formula is C16H13FN4O4S. The lowest BCUT2D eigenvalue weighted by molar-refractivity contribution is 0.0727. The summed E-state index contributed by atoms with van der Waals surface area (Å²) in [6.45, 7) is 0. The van der Waals surface area contributed by atoms with Crippen LogP contribution >= 0.6 is 0 Å². The average Bonchev–Trinajstić information content (AvgIpc) is 2.97. The largest absolute Gasteiger partial charge is 0.402 e. The Balaban J connectivity index is 1.88. The molecule has 134 valence electrons. The summed E-state index contributed by atoms with van der Waals surface area (Å²) in [6.07, 6.45) is 0. The van der Waals surface area contributed by atoms with E-state index in [4.69, 9.17) is 16.2 Å². The Hall–Kier alpha value is -3.40. The SMILES string of the molecule is Nc1ccc(C(=O)Oc2cc(N)n(S(=O)(=O)c3ccc(F)cc3)n2)cc1. The molecule has 0 aliphatic carbocycles. The van der Waals surface area contributed by atoms with Crippen LogP contribution in [0.15, 0.2) is 59.5 Å². The smallest absolute Gasteiger partial charge is 0.344 e. The molecular weight excluding hydrogens is 363 g/mol. The molecule has 0 fully saturated rings. The lowest BCUT2D eigenvalue weighted by atomic mass is 10.2. The van der Waals surface area contributed by atoms with Gasteiger partial charge in [-0.3, -0.25) is 0 Å². The zero-order chi connectivity index (χ0) is 18.9. The Kier molecular flexibility index (Phi) is 4.34. The third-order valence-corrected chi connectivity index (χ3v) is 4.98. The predicted molar refractivity (Wildman–Crippen MR) is 91.4 cm³/mol. The summed E-state index contributed by atoms with van der Waals surface area (Å²) in [6, 6.07) is 11.2. The van der Waals surface area contributed by atoms with E-state index < -0.39 is 21.8 Å². The van der Waals surface area contributed by atoms with E-state index in [1.807, 2.05) is 0 Å². The van der Waals surface area contributed by atoms with E-state index in [1.54, 1.807) is 0 Å². The van der Waals surface area contributed by atoms with Crippen LogP contribution in [0.3, 0.4) is 0 Å². The standard InChI is InChI=1S/C16H13FN4O4S/c17-11-3-7-13(8-4-11)26(23,24)21-14(19)9-15(20-21)25-16(22)10-1-5-12(18)6-2-10/h1-9H,18-19H2. The molecule has 3 rings (SSSR count). The maximum atomic E-state index is 13.0. The number of benzene rings is 2. The summed E-state index contributed by atoms with van der Waals surface area (Å²) in [4.78, 5) is 11.8. The molecule has 0 atom stereocenters. The Morgan fingerprint density at radius 1 is 1.04 bits per heavy atom. The zero-order valence-corrected chi connectivity index (χ0v) is 14.0. The van der Waals surface area contributed by atoms with Gasteiger partial charge >= 0.3 is 5.97 Å². The van der Waals surface area contributed by atoms with E-state index in [0.717, 1.165) is 30.3 Å². The van der Waals surface area contributed by atoms with Crippen molar-refractivity contribution < 1.29 is 22.3 Å². The van der Waals surface area contributed by atoms with E-state index >= 15 is 0 Å². The number of esters is 1. The number of anilines is 2. The van der Waals surface area contributed by atoms with Crippen molar-refractivity contribution in [1.29, 1.82) is 0 Å². The number of carbonyl (C=O) groups is 1. The van der Waals surface area contributed by atoms with Gasteiger partial charge in [-0.05, 0) is 48.5 Å². The van der Waals surface area contributed by atoms with E-state index in [-0.39, 0.29) is 22.2 Å². The quantitative estimate of drug-likeness (QED) is 0.523. The van der Waals surface area contributed by atoms with Gasteiger partial charge in [-0.1, -0.05) is 0 Å². The van der Waals surface area contributed by atoms with Gasteiger partial charge < -0.3 is 16.2 Å². The van der Waals surface area contributed by atoms with Gasteiger partial charge in [0.25, 0.3) is 10.0 Å². The molecule has 0 bridgehead atoms. The topological polar surface area (TPSA) is 130 Å². The Morgan fingerprint density at radius 3 is 2.27 bits per heavy atom. The monoisotopic (exact) mass is 376 g/mol. The molecule has 0 aliphatic heterocycles. The summed E-state index contributed by atoms with van der Waals surface area (Å²) in [5, 5.41) is 3.71. The van der Waals surface area contributed by atoms with E-state index in [0.29, 0.717) is 9.77 Å². The molecule has 1 heterocycles. The number of hydrogen-bond acceptors (Lipinski definition) is 7. The average molecular weight is 376 g/mol. The predicted octanol–water partition coefficient (Wildman–Crippen LogP) is 1.64. The second-order valence-electron chi connectivity index (χ2n) is 5.22. The summed E-state index contributed by atoms with van der Waals surface area (Å²) in [5.41, 5.74) is 11.9. The van der Waals surface area contributed by atoms with Gasteiger partial charge in [-0.2, -0.15) is 8.42 Å². The number of nitrogens with zero attached hydrogens (tertiary/aromatic N) is 2. The third-order valence-electron chi connectivity index (χ3n) is 3.36. The van der Waals surface area contributed by atoms with Crippen molar-refractivity contribution in [1.82, 2.24) is 9.19 Å².